The van der Waals surface area contributed by atoms with Crippen molar-refractivity contribution in [1.82, 2.24) is 15.0 Å². The van der Waals surface area contributed by atoms with Gasteiger partial charge < -0.3 is 20.1 Å². The first-order chi connectivity index (χ1) is 17.6. The van der Waals surface area contributed by atoms with Crippen LogP contribution in [0, 0.1) is 0 Å². The van der Waals surface area contributed by atoms with Crippen LogP contribution in [0.4, 0.5) is 27.9 Å². The lowest BCUT2D eigenvalue weighted by Crippen LogP contribution is -2.38. The number of rotatable bonds is 9. The van der Waals surface area contributed by atoms with Crippen molar-refractivity contribution < 1.29 is 14.3 Å². The summed E-state index contributed by atoms with van der Waals surface area (Å²) in [5.41, 5.74) is 2.02. The van der Waals surface area contributed by atoms with Crippen LogP contribution in [0.15, 0.2) is 79.1 Å². The molecule has 9 nitrogen and oxygen atoms in total. The van der Waals surface area contributed by atoms with Crippen LogP contribution in [0.1, 0.15) is 5.69 Å². The lowest BCUT2D eigenvalue weighted by Gasteiger charge is -2.22. The topological polar surface area (TPSA) is 102 Å². The average molecular weight is 505 g/mol. The van der Waals surface area contributed by atoms with Crippen molar-refractivity contribution in [2.75, 3.05) is 36.3 Å². The van der Waals surface area contributed by atoms with Gasteiger partial charge in [0.1, 0.15) is 22.3 Å². The molecule has 0 bridgehead atoms. The third-order valence-corrected chi connectivity index (χ3v) is 5.59. The first-order valence-electron chi connectivity index (χ1n) is 11.1. The van der Waals surface area contributed by atoms with Crippen molar-refractivity contribution in [2.24, 2.45) is 0 Å². The zero-order valence-corrected chi connectivity index (χ0v) is 20.6. The summed E-state index contributed by atoms with van der Waals surface area (Å²) >= 11 is 6.46. The Kier molecular flexibility index (Phi) is 8.15. The fourth-order valence-electron chi connectivity index (χ4n) is 3.39. The highest BCUT2D eigenvalue weighted by Gasteiger charge is 2.22. The van der Waals surface area contributed by atoms with E-state index in [1.807, 2.05) is 48.5 Å². The van der Waals surface area contributed by atoms with E-state index in [4.69, 9.17) is 21.1 Å². The summed E-state index contributed by atoms with van der Waals surface area (Å²) in [6, 6.07) is 19.8. The molecule has 0 fully saturated rings. The molecular formula is C26H25ClN6O3. The van der Waals surface area contributed by atoms with E-state index in [1.54, 1.807) is 30.6 Å². The number of nitrogens with zero attached hydrogens (tertiary/aromatic N) is 4. The average Bonchev–Trinajstić information content (AvgIpc) is 2.91. The van der Waals surface area contributed by atoms with E-state index in [9.17, 15) is 4.79 Å². The summed E-state index contributed by atoms with van der Waals surface area (Å²) in [5.74, 6) is 1.62. The first-order valence-corrected chi connectivity index (χ1v) is 11.5. The number of urea groups is 1. The lowest BCUT2D eigenvalue weighted by molar-refractivity contribution is 0.256. The zero-order chi connectivity index (χ0) is 25.3. The molecule has 0 radical (unpaired) electrons. The maximum Gasteiger partial charge on any atom is 0.328 e. The molecule has 2 amide bonds. The Labute approximate surface area is 214 Å². The second-order valence-corrected chi connectivity index (χ2v) is 7.95. The molecule has 4 aromatic rings. The predicted molar refractivity (Wildman–Crippen MR) is 141 cm³/mol. The van der Waals surface area contributed by atoms with Crippen LogP contribution >= 0.6 is 11.6 Å². The highest BCUT2D eigenvalue weighted by molar-refractivity contribution is 6.35. The third-order valence-electron chi connectivity index (χ3n) is 5.20. The number of carbonyl (C=O) groups excluding carboxylic acids is 1. The fraction of sp³-hybridized carbons (Fsp3) is 0.154. The largest absolute Gasteiger partial charge is 0.497 e. The fourth-order valence-corrected chi connectivity index (χ4v) is 3.63. The number of hydrogen-bond acceptors (Lipinski definition) is 7. The van der Waals surface area contributed by atoms with Crippen LogP contribution in [0.5, 0.6) is 11.5 Å². The van der Waals surface area contributed by atoms with Crippen molar-refractivity contribution >= 4 is 40.8 Å². The summed E-state index contributed by atoms with van der Waals surface area (Å²) in [6.07, 6.45) is 3.79. The molecule has 0 aliphatic carbocycles. The molecule has 0 unspecified atom stereocenters. The van der Waals surface area contributed by atoms with Gasteiger partial charge in [-0.2, -0.15) is 4.98 Å². The maximum atomic E-state index is 13.5. The smallest absolute Gasteiger partial charge is 0.328 e. The minimum Gasteiger partial charge on any atom is -0.497 e. The van der Waals surface area contributed by atoms with Crippen molar-refractivity contribution in [2.45, 2.75) is 6.42 Å². The summed E-state index contributed by atoms with van der Waals surface area (Å²) in [7, 11) is 3.01. The van der Waals surface area contributed by atoms with Crippen molar-refractivity contribution in [3.05, 3.63) is 89.8 Å². The van der Waals surface area contributed by atoms with Gasteiger partial charge in [0, 0.05) is 48.9 Å². The highest BCUT2D eigenvalue weighted by atomic mass is 35.5. The molecule has 0 saturated heterocycles. The minimum absolute atomic E-state index is 0.218. The number of nitrogens with one attached hydrogen (secondary N) is 2. The van der Waals surface area contributed by atoms with Gasteiger partial charge in [-0.05, 0) is 30.3 Å². The normalized spacial score (nSPS) is 10.4. The molecule has 2 N–H and O–H groups in total. The number of aromatic nitrogens is 3. The second kappa shape index (κ2) is 11.9. The molecule has 36 heavy (non-hydrogen) atoms. The lowest BCUT2D eigenvalue weighted by atomic mass is 10.2. The monoisotopic (exact) mass is 504 g/mol. The SMILES string of the molecule is COc1cc(NC(=O)N(CCc2ccccn2)c2nccc(Nc3ccccc3)n2)c(Cl)c(OC)c1. The third kappa shape index (κ3) is 6.19. The van der Waals surface area contributed by atoms with Crippen molar-refractivity contribution in [1.29, 1.82) is 0 Å². The number of pyridine rings is 1. The second-order valence-electron chi connectivity index (χ2n) is 7.58. The Morgan fingerprint density at radius 2 is 1.78 bits per heavy atom. The molecule has 0 saturated carbocycles. The summed E-state index contributed by atoms with van der Waals surface area (Å²) in [5, 5.41) is 6.31. The molecule has 0 aliphatic rings. The van der Waals surface area contributed by atoms with Gasteiger partial charge in [0.15, 0.2) is 0 Å². The molecule has 2 aromatic heterocycles. The number of halogens is 1. The van der Waals surface area contributed by atoms with Crippen LogP contribution < -0.4 is 25.0 Å². The predicted octanol–water partition coefficient (Wildman–Crippen LogP) is 5.57. The molecule has 2 heterocycles. The van der Waals surface area contributed by atoms with Crippen LogP contribution in [0.25, 0.3) is 0 Å². The first kappa shape index (κ1) is 24.7. The quantitative estimate of drug-likeness (QED) is 0.307. The molecule has 4 rings (SSSR count). The Hall–Kier alpha value is -4.37. The van der Waals surface area contributed by atoms with Gasteiger partial charge in [0.05, 0.1) is 19.9 Å². The summed E-state index contributed by atoms with van der Waals surface area (Å²) < 4.78 is 10.6. The number of carbonyl (C=O) groups is 1. The number of para-hydroxylation sites is 1. The Morgan fingerprint density at radius 3 is 2.50 bits per heavy atom. The van der Waals surface area contributed by atoms with Crippen molar-refractivity contribution in [3.63, 3.8) is 0 Å². The number of anilines is 4. The van der Waals surface area contributed by atoms with Crippen LogP contribution in [-0.2, 0) is 6.42 Å². The van der Waals surface area contributed by atoms with Gasteiger partial charge in [-0.1, -0.05) is 35.9 Å². The standard InChI is InChI=1S/C26H25ClN6O3/c1-35-20-16-21(24(27)22(17-20)36-2)31-26(34)33(15-12-18-8-6-7-13-28-18)25-29-14-11-23(32-25)30-19-9-4-3-5-10-19/h3-11,13-14,16-17H,12,15H2,1-2H3,(H,31,34)(H,29,30,32). The van der Waals surface area contributed by atoms with Gasteiger partial charge in [-0.25, -0.2) is 9.78 Å². The van der Waals surface area contributed by atoms with E-state index in [0.29, 0.717) is 29.4 Å². The summed E-state index contributed by atoms with van der Waals surface area (Å²) in [4.78, 5) is 28.2. The number of benzene rings is 2. The van der Waals surface area contributed by atoms with E-state index < -0.39 is 6.03 Å². The van der Waals surface area contributed by atoms with Gasteiger partial charge >= 0.3 is 6.03 Å². The zero-order valence-electron chi connectivity index (χ0n) is 19.8. The molecular weight excluding hydrogens is 480 g/mol. The molecule has 184 valence electrons. The molecule has 2 aromatic carbocycles. The van der Waals surface area contributed by atoms with Gasteiger partial charge in [0.2, 0.25) is 5.95 Å². The Balaban J connectivity index is 1.63. The number of ether oxygens (including phenoxy) is 2. The number of hydrogen-bond donors (Lipinski definition) is 2. The molecule has 0 aliphatic heterocycles. The van der Waals surface area contributed by atoms with E-state index in [2.05, 4.69) is 25.6 Å². The number of methoxy groups -OCH3 is 2. The highest BCUT2D eigenvalue weighted by Crippen LogP contribution is 2.36. The Bertz CT molecular complexity index is 1310. The summed E-state index contributed by atoms with van der Waals surface area (Å²) in [6.45, 7) is 0.274. The van der Waals surface area contributed by atoms with Crippen molar-refractivity contribution in [3.8, 4) is 11.5 Å². The molecule has 10 heteroatoms. The Morgan fingerprint density at radius 1 is 0.972 bits per heavy atom. The van der Waals surface area contributed by atoms with Crippen LogP contribution in [-0.4, -0.2) is 41.7 Å². The van der Waals surface area contributed by atoms with E-state index in [-0.39, 0.29) is 17.5 Å². The van der Waals surface area contributed by atoms with Gasteiger partial charge in [-0.15, -0.1) is 0 Å². The van der Waals surface area contributed by atoms with E-state index >= 15 is 0 Å². The van der Waals surface area contributed by atoms with Gasteiger partial charge in [-0.3, -0.25) is 9.88 Å². The maximum absolute atomic E-state index is 13.5. The number of amides is 2. The van der Waals surface area contributed by atoms with E-state index in [0.717, 1.165) is 11.4 Å². The molecule has 0 spiro atoms. The van der Waals surface area contributed by atoms with Gasteiger partial charge in [0.25, 0.3) is 0 Å². The molecule has 0 atom stereocenters. The van der Waals surface area contributed by atoms with Crippen LogP contribution in [0.2, 0.25) is 5.02 Å². The minimum atomic E-state index is -0.472. The van der Waals surface area contributed by atoms with E-state index in [1.165, 1.54) is 19.1 Å². The van der Waals surface area contributed by atoms with Crippen LogP contribution in [0.3, 0.4) is 0 Å².